The molecule has 0 bridgehead atoms. The van der Waals surface area contributed by atoms with E-state index in [4.69, 9.17) is 17.0 Å². The van der Waals surface area contributed by atoms with Crippen molar-refractivity contribution in [3.8, 4) is 11.4 Å². The Labute approximate surface area is 139 Å². The Hall–Kier alpha value is -1.41. The highest BCUT2D eigenvalue weighted by molar-refractivity contribution is 14.1. The van der Waals surface area contributed by atoms with E-state index in [9.17, 15) is 4.39 Å². The lowest BCUT2D eigenvalue weighted by Crippen LogP contribution is -1.99. The van der Waals surface area contributed by atoms with Gasteiger partial charge < -0.3 is 9.72 Å². The summed E-state index contributed by atoms with van der Waals surface area (Å²) in [6, 6.07) is 9.06. The molecule has 0 aliphatic carbocycles. The third-order valence-electron chi connectivity index (χ3n) is 3.30. The van der Waals surface area contributed by atoms with Gasteiger partial charge in [0.2, 0.25) is 0 Å². The van der Waals surface area contributed by atoms with Crippen molar-refractivity contribution in [1.82, 2.24) is 9.55 Å². The van der Waals surface area contributed by atoms with Gasteiger partial charge in [0.1, 0.15) is 11.6 Å². The molecule has 0 unspecified atom stereocenters. The van der Waals surface area contributed by atoms with Gasteiger partial charge in [-0.05, 0) is 65.5 Å². The van der Waals surface area contributed by atoms with Crippen LogP contribution in [0.5, 0.6) is 5.75 Å². The molecule has 3 aromatic rings. The molecule has 0 fully saturated rings. The second-order valence-corrected chi connectivity index (χ2v) is 6.27. The van der Waals surface area contributed by atoms with Gasteiger partial charge in [0, 0.05) is 6.07 Å². The van der Waals surface area contributed by atoms with Crippen molar-refractivity contribution in [3.63, 3.8) is 0 Å². The Balaban J connectivity index is 2.40. The summed E-state index contributed by atoms with van der Waals surface area (Å²) < 4.78 is 22.2. The number of rotatable bonds is 2. The number of methoxy groups -OCH3 is 1. The number of imidazole rings is 1. The lowest BCUT2D eigenvalue weighted by Gasteiger charge is -2.11. The third kappa shape index (κ3) is 2.46. The molecule has 0 spiro atoms. The summed E-state index contributed by atoms with van der Waals surface area (Å²) in [7, 11) is 1.61. The van der Waals surface area contributed by atoms with Gasteiger partial charge in [-0.25, -0.2) is 4.39 Å². The fraction of sp³-hybridized carbons (Fsp3) is 0.133. The molecule has 0 saturated carbocycles. The van der Waals surface area contributed by atoms with E-state index in [1.54, 1.807) is 17.7 Å². The molecular weight excluding hydrogens is 402 g/mol. The van der Waals surface area contributed by atoms with E-state index in [0.717, 1.165) is 16.8 Å². The van der Waals surface area contributed by atoms with Crippen LogP contribution >= 0.6 is 34.8 Å². The zero-order chi connectivity index (χ0) is 15.1. The van der Waals surface area contributed by atoms with Crippen LogP contribution in [-0.4, -0.2) is 16.7 Å². The van der Waals surface area contributed by atoms with Crippen LogP contribution in [0.15, 0.2) is 30.3 Å². The van der Waals surface area contributed by atoms with Crippen LogP contribution in [0.2, 0.25) is 0 Å². The van der Waals surface area contributed by atoms with Crippen LogP contribution in [0.3, 0.4) is 0 Å². The number of H-pyrrole nitrogens is 1. The summed E-state index contributed by atoms with van der Waals surface area (Å²) in [5, 5.41) is 0. The van der Waals surface area contributed by atoms with Crippen molar-refractivity contribution in [2.24, 2.45) is 0 Å². The number of fused-ring (bicyclic) bond motifs is 1. The topological polar surface area (TPSA) is 29.9 Å². The van der Waals surface area contributed by atoms with E-state index in [1.165, 1.54) is 6.07 Å². The zero-order valence-corrected chi connectivity index (χ0v) is 14.4. The number of hydrogen-bond donors (Lipinski definition) is 1. The van der Waals surface area contributed by atoms with Gasteiger partial charge in [0.05, 0.1) is 27.4 Å². The summed E-state index contributed by atoms with van der Waals surface area (Å²) >= 11 is 7.36. The molecule has 0 radical (unpaired) electrons. The Kier molecular flexibility index (Phi) is 3.75. The Morgan fingerprint density at radius 2 is 2.05 bits per heavy atom. The van der Waals surface area contributed by atoms with E-state index in [-0.39, 0.29) is 5.82 Å². The fourth-order valence-electron chi connectivity index (χ4n) is 2.32. The summed E-state index contributed by atoms with van der Waals surface area (Å²) in [5.41, 5.74) is 3.37. The first kappa shape index (κ1) is 14.5. The fourth-order valence-corrected chi connectivity index (χ4v) is 3.09. The van der Waals surface area contributed by atoms with Crippen LogP contribution < -0.4 is 4.74 Å². The largest absolute Gasteiger partial charge is 0.495 e. The number of aryl methyl sites for hydroxylation is 1. The molecule has 3 rings (SSSR count). The maximum absolute atomic E-state index is 13.9. The molecule has 1 N–H and O–H groups in total. The number of aromatic amines is 1. The van der Waals surface area contributed by atoms with Gasteiger partial charge in [0.15, 0.2) is 4.77 Å². The molecule has 6 heteroatoms. The van der Waals surface area contributed by atoms with Crippen molar-refractivity contribution >= 4 is 45.8 Å². The summed E-state index contributed by atoms with van der Waals surface area (Å²) in [5.74, 6) is 0.425. The summed E-state index contributed by atoms with van der Waals surface area (Å²) in [6.07, 6.45) is 0. The SMILES string of the molecule is COc1ccc(C)cc1-n1c(=S)[nH]c2cc(I)c(F)cc21. The molecular formula is C15H12FIN2OS. The molecule has 0 saturated heterocycles. The highest BCUT2D eigenvalue weighted by Gasteiger charge is 2.13. The maximum Gasteiger partial charge on any atom is 0.182 e. The van der Waals surface area contributed by atoms with Crippen molar-refractivity contribution in [2.75, 3.05) is 7.11 Å². The molecule has 0 amide bonds. The van der Waals surface area contributed by atoms with Gasteiger partial charge >= 0.3 is 0 Å². The third-order valence-corrected chi connectivity index (χ3v) is 4.41. The second kappa shape index (κ2) is 5.42. The van der Waals surface area contributed by atoms with Crippen LogP contribution in [0.1, 0.15) is 5.56 Å². The van der Waals surface area contributed by atoms with Crippen LogP contribution in [0, 0.1) is 21.1 Å². The lowest BCUT2D eigenvalue weighted by molar-refractivity contribution is 0.413. The van der Waals surface area contributed by atoms with E-state index in [0.29, 0.717) is 19.6 Å². The number of hydrogen-bond acceptors (Lipinski definition) is 2. The van der Waals surface area contributed by atoms with Gasteiger partial charge in [0.25, 0.3) is 0 Å². The standard InChI is InChI=1S/C15H12FIN2OS/c1-8-3-4-14(20-2)13(5-8)19-12-6-9(16)10(17)7-11(12)18-15(19)21/h3-7H,1-2H3,(H,18,21). The van der Waals surface area contributed by atoms with Crippen molar-refractivity contribution in [3.05, 3.63) is 50.1 Å². The predicted octanol–water partition coefficient (Wildman–Crippen LogP) is 4.75. The predicted molar refractivity (Wildman–Crippen MR) is 92.4 cm³/mol. The number of nitrogens with zero attached hydrogens (tertiary/aromatic N) is 1. The monoisotopic (exact) mass is 414 g/mol. The van der Waals surface area contributed by atoms with Crippen LogP contribution in [0.4, 0.5) is 4.39 Å². The second-order valence-electron chi connectivity index (χ2n) is 4.72. The molecule has 2 aromatic carbocycles. The Bertz CT molecular complexity index is 901. The van der Waals surface area contributed by atoms with E-state index < -0.39 is 0 Å². The average Bonchev–Trinajstić information content (AvgIpc) is 2.74. The minimum absolute atomic E-state index is 0.266. The van der Waals surface area contributed by atoms with Crippen LogP contribution in [-0.2, 0) is 0 Å². The number of ether oxygens (including phenoxy) is 1. The first-order valence-electron chi connectivity index (χ1n) is 6.26. The Morgan fingerprint density at radius 3 is 2.76 bits per heavy atom. The number of aromatic nitrogens is 2. The lowest BCUT2D eigenvalue weighted by atomic mass is 10.2. The highest BCUT2D eigenvalue weighted by Crippen LogP contribution is 2.29. The number of nitrogens with one attached hydrogen (secondary N) is 1. The normalized spacial score (nSPS) is 11.0. The maximum atomic E-state index is 13.9. The van der Waals surface area contributed by atoms with E-state index in [2.05, 4.69) is 4.98 Å². The molecule has 108 valence electrons. The molecule has 1 aromatic heterocycles. The highest BCUT2D eigenvalue weighted by atomic mass is 127. The molecule has 3 nitrogen and oxygen atoms in total. The molecule has 0 atom stereocenters. The quantitative estimate of drug-likeness (QED) is 0.485. The van der Waals surface area contributed by atoms with E-state index in [1.807, 2.05) is 47.7 Å². The smallest absolute Gasteiger partial charge is 0.182 e. The Morgan fingerprint density at radius 1 is 1.29 bits per heavy atom. The van der Waals surface area contributed by atoms with E-state index >= 15 is 0 Å². The van der Waals surface area contributed by atoms with Gasteiger partial charge in [-0.1, -0.05) is 6.07 Å². The minimum Gasteiger partial charge on any atom is -0.495 e. The summed E-state index contributed by atoms with van der Waals surface area (Å²) in [6.45, 7) is 1.99. The van der Waals surface area contributed by atoms with Gasteiger partial charge in [-0.15, -0.1) is 0 Å². The van der Waals surface area contributed by atoms with Crippen molar-refractivity contribution in [1.29, 1.82) is 0 Å². The first-order valence-corrected chi connectivity index (χ1v) is 7.75. The average molecular weight is 414 g/mol. The molecule has 0 aliphatic rings. The van der Waals surface area contributed by atoms with Gasteiger partial charge in [-0.2, -0.15) is 0 Å². The molecule has 21 heavy (non-hydrogen) atoms. The number of benzene rings is 2. The van der Waals surface area contributed by atoms with Crippen molar-refractivity contribution < 1.29 is 9.13 Å². The number of halogens is 2. The van der Waals surface area contributed by atoms with Gasteiger partial charge in [-0.3, -0.25) is 4.57 Å². The molecule has 0 aliphatic heterocycles. The summed E-state index contributed by atoms with van der Waals surface area (Å²) in [4.78, 5) is 3.12. The first-order chi connectivity index (χ1) is 10.0. The zero-order valence-electron chi connectivity index (χ0n) is 11.4. The van der Waals surface area contributed by atoms with Crippen LogP contribution in [0.25, 0.3) is 16.7 Å². The molecule has 1 heterocycles. The minimum atomic E-state index is -0.266. The van der Waals surface area contributed by atoms with Crippen molar-refractivity contribution in [2.45, 2.75) is 6.92 Å².